The molecule has 3 rings (SSSR count). The molecule has 1 N–H and O–H groups in total. The van der Waals surface area contributed by atoms with E-state index < -0.39 is 11.7 Å². The van der Waals surface area contributed by atoms with Crippen molar-refractivity contribution in [2.75, 3.05) is 0 Å². The lowest BCUT2D eigenvalue weighted by molar-refractivity contribution is 0.0941. The second-order valence-electron chi connectivity index (χ2n) is 4.86. The molecule has 6 heteroatoms. The predicted octanol–water partition coefficient (Wildman–Crippen LogP) is 2.96. The molecular formula is C16H13FN2O3. The second-order valence-corrected chi connectivity index (χ2v) is 4.86. The first-order chi connectivity index (χ1) is 10.6. The van der Waals surface area contributed by atoms with Gasteiger partial charge in [0.15, 0.2) is 0 Å². The predicted molar refractivity (Wildman–Crippen MR) is 78.1 cm³/mol. The highest BCUT2D eigenvalue weighted by atomic mass is 19.1. The van der Waals surface area contributed by atoms with E-state index in [1.165, 1.54) is 42.1 Å². The van der Waals surface area contributed by atoms with E-state index in [1.54, 1.807) is 12.1 Å². The molecule has 0 radical (unpaired) electrons. The van der Waals surface area contributed by atoms with Gasteiger partial charge in [0.1, 0.15) is 11.6 Å². The lowest BCUT2D eigenvalue weighted by Crippen LogP contribution is -2.22. The van der Waals surface area contributed by atoms with E-state index >= 15 is 0 Å². The van der Waals surface area contributed by atoms with Gasteiger partial charge in [0.25, 0.3) is 5.91 Å². The van der Waals surface area contributed by atoms with Gasteiger partial charge in [0, 0.05) is 18.5 Å². The smallest absolute Gasteiger partial charge is 0.253 e. The zero-order valence-corrected chi connectivity index (χ0v) is 11.8. The normalized spacial score (nSPS) is 10.8. The molecule has 1 amide bonds. The third-order valence-electron chi connectivity index (χ3n) is 3.35. The van der Waals surface area contributed by atoms with Gasteiger partial charge in [0.2, 0.25) is 5.91 Å². The molecule has 0 saturated carbocycles. The summed E-state index contributed by atoms with van der Waals surface area (Å²) in [6.45, 7) is 1.60. The third kappa shape index (κ3) is 2.50. The fourth-order valence-electron chi connectivity index (χ4n) is 2.32. The van der Waals surface area contributed by atoms with Crippen LogP contribution in [0.3, 0.4) is 0 Å². The Morgan fingerprint density at radius 2 is 2.14 bits per heavy atom. The van der Waals surface area contributed by atoms with Crippen molar-refractivity contribution < 1.29 is 18.4 Å². The number of carbonyl (C=O) groups is 2. The maximum absolute atomic E-state index is 13.5. The van der Waals surface area contributed by atoms with Crippen LogP contribution in [0, 0.1) is 5.82 Å². The Balaban J connectivity index is 1.96. The lowest BCUT2D eigenvalue weighted by atomic mass is 10.1. The molecule has 2 aromatic heterocycles. The summed E-state index contributed by atoms with van der Waals surface area (Å²) in [6.07, 6.45) is 2.93. The summed E-state index contributed by atoms with van der Waals surface area (Å²) in [5.41, 5.74) is 0.744. The summed E-state index contributed by atoms with van der Waals surface area (Å²) in [6, 6.07) is 7.44. The SMILES string of the molecule is CC(=O)n1cc(C(=O)NCc2ccco2)c2cc(F)ccc21. The molecule has 0 atom stereocenters. The topological polar surface area (TPSA) is 64.2 Å². The van der Waals surface area contributed by atoms with Gasteiger partial charge in [-0.3, -0.25) is 14.2 Å². The number of furan rings is 1. The molecular weight excluding hydrogens is 287 g/mol. The largest absolute Gasteiger partial charge is 0.467 e. The van der Waals surface area contributed by atoms with Gasteiger partial charge in [-0.1, -0.05) is 0 Å². The van der Waals surface area contributed by atoms with Crippen molar-refractivity contribution in [1.29, 1.82) is 0 Å². The van der Waals surface area contributed by atoms with E-state index in [-0.39, 0.29) is 18.0 Å². The zero-order chi connectivity index (χ0) is 15.7. The summed E-state index contributed by atoms with van der Waals surface area (Å²) in [4.78, 5) is 23.9. The average Bonchev–Trinajstić information content (AvgIpc) is 3.11. The van der Waals surface area contributed by atoms with E-state index in [2.05, 4.69) is 5.32 Å². The Kier molecular flexibility index (Phi) is 3.50. The van der Waals surface area contributed by atoms with Crippen molar-refractivity contribution in [1.82, 2.24) is 9.88 Å². The average molecular weight is 300 g/mol. The molecule has 22 heavy (non-hydrogen) atoms. The molecule has 0 bridgehead atoms. The first-order valence-corrected chi connectivity index (χ1v) is 6.68. The van der Waals surface area contributed by atoms with Gasteiger partial charge >= 0.3 is 0 Å². The van der Waals surface area contributed by atoms with E-state index in [4.69, 9.17) is 4.42 Å². The lowest BCUT2D eigenvalue weighted by Gasteiger charge is -2.02. The van der Waals surface area contributed by atoms with Gasteiger partial charge in [-0.15, -0.1) is 0 Å². The molecule has 0 fully saturated rings. The van der Waals surface area contributed by atoms with Gasteiger partial charge in [-0.25, -0.2) is 4.39 Å². The molecule has 1 aromatic carbocycles. The quantitative estimate of drug-likeness (QED) is 0.808. The van der Waals surface area contributed by atoms with Crippen LogP contribution in [0.1, 0.15) is 27.8 Å². The van der Waals surface area contributed by atoms with Crippen molar-refractivity contribution in [3.8, 4) is 0 Å². The maximum Gasteiger partial charge on any atom is 0.253 e. The molecule has 112 valence electrons. The highest BCUT2D eigenvalue weighted by Crippen LogP contribution is 2.22. The van der Waals surface area contributed by atoms with Crippen molar-refractivity contribution in [3.63, 3.8) is 0 Å². The Bertz CT molecular complexity index is 850. The minimum Gasteiger partial charge on any atom is -0.467 e. The summed E-state index contributed by atoms with van der Waals surface area (Å²) in [5.74, 6) is -0.502. The van der Waals surface area contributed by atoms with Crippen LogP contribution in [-0.4, -0.2) is 16.4 Å². The fraction of sp³-hybridized carbons (Fsp3) is 0.125. The van der Waals surface area contributed by atoms with Gasteiger partial charge in [0.05, 0.1) is 23.9 Å². The fourth-order valence-corrected chi connectivity index (χ4v) is 2.32. The molecule has 0 saturated heterocycles. The van der Waals surface area contributed by atoms with E-state index in [1.807, 2.05) is 0 Å². The molecule has 0 aliphatic carbocycles. The molecule has 0 aliphatic heterocycles. The number of aromatic nitrogens is 1. The summed E-state index contributed by atoms with van der Waals surface area (Å²) >= 11 is 0. The Morgan fingerprint density at radius 1 is 1.32 bits per heavy atom. The van der Waals surface area contributed by atoms with E-state index in [0.29, 0.717) is 16.7 Å². The number of carbonyl (C=O) groups excluding carboxylic acids is 2. The van der Waals surface area contributed by atoms with Gasteiger partial charge in [-0.2, -0.15) is 0 Å². The van der Waals surface area contributed by atoms with Crippen LogP contribution in [0.25, 0.3) is 10.9 Å². The number of hydrogen-bond donors (Lipinski definition) is 1. The number of halogens is 1. The summed E-state index contributed by atoms with van der Waals surface area (Å²) in [5, 5.41) is 3.08. The maximum atomic E-state index is 13.5. The van der Waals surface area contributed by atoms with Gasteiger partial charge < -0.3 is 9.73 Å². The molecule has 0 unspecified atom stereocenters. The van der Waals surface area contributed by atoms with Crippen LogP contribution in [-0.2, 0) is 6.54 Å². The van der Waals surface area contributed by atoms with E-state index in [9.17, 15) is 14.0 Å². The van der Waals surface area contributed by atoms with E-state index in [0.717, 1.165) is 0 Å². The second kappa shape index (κ2) is 5.48. The highest BCUT2D eigenvalue weighted by molar-refractivity contribution is 6.09. The molecule has 3 aromatic rings. The number of hydrogen-bond acceptors (Lipinski definition) is 3. The van der Waals surface area contributed by atoms with Crippen molar-refractivity contribution in [2.24, 2.45) is 0 Å². The standard InChI is InChI=1S/C16H13FN2O3/c1-10(20)19-9-14(13-7-11(17)4-5-15(13)19)16(21)18-8-12-3-2-6-22-12/h2-7,9H,8H2,1H3,(H,18,21). The number of amides is 1. The van der Waals surface area contributed by atoms with Crippen LogP contribution in [0.15, 0.2) is 47.2 Å². The van der Waals surface area contributed by atoms with Crippen LogP contribution in [0.5, 0.6) is 0 Å². The van der Waals surface area contributed by atoms with Crippen LogP contribution < -0.4 is 5.32 Å². The molecule has 5 nitrogen and oxygen atoms in total. The number of nitrogens with zero attached hydrogens (tertiary/aromatic N) is 1. The first kappa shape index (κ1) is 14.1. The number of nitrogens with one attached hydrogen (secondary N) is 1. The van der Waals surface area contributed by atoms with Crippen LogP contribution in [0.2, 0.25) is 0 Å². The zero-order valence-electron chi connectivity index (χ0n) is 11.8. The Labute approximate surface area is 125 Å². The third-order valence-corrected chi connectivity index (χ3v) is 3.35. The molecule has 0 aliphatic rings. The van der Waals surface area contributed by atoms with Crippen molar-refractivity contribution >= 4 is 22.7 Å². The Hall–Kier alpha value is -2.89. The van der Waals surface area contributed by atoms with Gasteiger partial charge in [-0.05, 0) is 30.3 Å². The molecule has 2 heterocycles. The van der Waals surface area contributed by atoms with Crippen molar-refractivity contribution in [2.45, 2.75) is 13.5 Å². The first-order valence-electron chi connectivity index (χ1n) is 6.68. The minimum absolute atomic E-state index is 0.216. The minimum atomic E-state index is -0.464. The number of fused-ring (bicyclic) bond motifs is 1. The summed E-state index contributed by atoms with van der Waals surface area (Å²) in [7, 11) is 0. The van der Waals surface area contributed by atoms with Crippen LogP contribution in [0.4, 0.5) is 4.39 Å². The number of benzene rings is 1. The Morgan fingerprint density at radius 3 is 2.82 bits per heavy atom. The summed E-state index contributed by atoms with van der Waals surface area (Å²) < 4.78 is 19.9. The van der Waals surface area contributed by atoms with Crippen LogP contribution >= 0.6 is 0 Å². The molecule has 0 spiro atoms. The van der Waals surface area contributed by atoms with Crippen molar-refractivity contribution in [3.05, 3.63) is 59.9 Å². The highest BCUT2D eigenvalue weighted by Gasteiger charge is 2.17. The monoisotopic (exact) mass is 300 g/mol. The number of rotatable bonds is 3.